The number of pyridine rings is 1. The molecule has 7 nitrogen and oxygen atoms in total. The summed E-state index contributed by atoms with van der Waals surface area (Å²) in [6.45, 7) is 4.71. The number of hydrogen-bond donors (Lipinski definition) is 1. The molecule has 8 heteroatoms. The van der Waals surface area contributed by atoms with Gasteiger partial charge in [0.1, 0.15) is 5.82 Å². The molecule has 1 saturated heterocycles. The number of nitrogens with zero attached hydrogens (tertiary/aromatic N) is 3. The van der Waals surface area contributed by atoms with Gasteiger partial charge < -0.3 is 10.2 Å². The van der Waals surface area contributed by atoms with Gasteiger partial charge in [0.05, 0.1) is 4.90 Å². The van der Waals surface area contributed by atoms with Crippen LogP contribution < -0.4 is 10.2 Å². The zero-order chi connectivity index (χ0) is 21.0. The highest BCUT2D eigenvalue weighted by atomic mass is 32.2. The van der Waals surface area contributed by atoms with E-state index in [-0.39, 0.29) is 10.8 Å². The number of benzene rings is 1. The fourth-order valence-corrected chi connectivity index (χ4v) is 4.12. The van der Waals surface area contributed by atoms with Crippen LogP contribution in [0.4, 0.5) is 5.82 Å². The third-order valence-corrected chi connectivity index (χ3v) is 7.09. The van der Waals surface area contributed by atoms with Gasteiger partial charge in [-0.15, -0.1) is 0 Å². The Hall–Kier alpha value is -2.45. The van der Waals surface area contributed by atoms with Gasteiger partial charge >= 0.3 is 0 Å². The molecule has 0 atom stereocenters. The second-order valence-electron chi connectivity index (χ2n) is 7.69. The number of carbonyl (C=O) groups excluding carboxylic acids is 1. The minimum atomic E-state index is -3.50. The normalized spacial score (nSPS) is 15.5. The fraction of sp³-hybridized carbons (Fsp3) is 0.429. The van der Waals surface area contributed by atoms with Crippen LogP contribution in [-0.4, -0.2) is 50.8 Å². The second-order valence-corrected chi connectivity index (χ2v) is 9.84. The molecule has 2 aromatic rings. The Labute approximate surface area is 172 Å². The summed E-state index contributed by atoms with van der Waals surface area (Å²) in [6, 6.07) is 9.90. The van der Waals surface area contributed by atoms with Crippen molar-refractivity contribution in [2.24, 2.45) is 5.92 Å². The molecule has 156 valence electrons. The molecule has 1 aromatic carbocycles. The maximum absolute atomic E-state index is 12.4. The predicted octanol–water partition coefficient (Wildman–Crippen LogP) is 2.50. The van der Waals surface area contributed by atoms with E-state index in [1.165, 1.54) is 51.2 Å². The van der Waals surface area contributed by atoms with Gasteiger partial charge in [-0.05, 0) is 54.7 Å². The predicted molar refractivity (Wildman–Crippen MR) is 113 cm³/mol. The zero-order valence-electron chi connectivity index (χ0n) is 17.1. The summed E-state index contributed by atoms with van der Waals surface area (Å²) >= 11 is 0. The van der Waals surface area contributed by atoms with Gasteiger partial charge in [-0.1, -0.05) is 13.0 Å². The number of anilines is 1. The van der Waals surface area contributed by atoms with E-state index in [1.807, 2.05) is 12.1 Å². The minimum absolute atomic E-state index is 0.158. The molecule has 1 aromatic heterocycles. The molecule has 1 fully saturated rings. The first-order chi connectivity index (χ1) is 13.8. The van der Waals surface area contributed by atoms with Gasteiger partial charge in [0.15, 0.2) is 0 Å². The quantitative estimate of drug-likeness (QED) is 0.782. The number of carbonyl (C=O) groups is 1. The topological polar surface area (TPSA) is 82.6 Å². The zero-order valence-corrected chi connectivity index (χ0v) is 17.9. The monoisotopic (exact) mass is 416 g/mol. The first-order valence-electron chi connectivity index (χ1n) is 9.78. The smallest absolute Gasteiger partial charge is 0.251 e. The van der Waals surface area contributed by atoms with Gasteiger partial charge in [0.2, 0.25) is 10.0 Å². The van der Waals surface area contributed by atoms with Crippen LogP contribution in [0.2, 0.25) is 0 Å². The molecule has 3 rings (SSSR count). The molecule has 0 unspecified atom stereocenters. The molecule has 1 aliphatic heterocycles. The highest BCUT2D eigenvalue weighted by molar-refractivity contribution is 7.89. The van der Waals surface area contributed by atoms with Gasteiger partial charge in [-0.3, -0.25) is 4.79 Å². The van der Waals surface area contributed by atoms with E-state index in [0.29, 0.717) is 12.1 Å². The average molecular weight is 417 g/mol. The fourth-order valence-electron chi connectivity index (χ4n) is 3.22. The lowest BCUT2D eigenvalue weighted by Crippen LogP contribution is -2.33. The minimum Gasteiger partial charge on any atom is -0.357 e. The third-order valence-electron chi connectivity index (χ3n) is 5.26. The maximum atomic E-state index is 12.4. The summed E-state index contributed by atoms with van der Waals surface area (Å²) in [6.07, 6.45) is 4.17. The van der Waals surface area contributed by atoms with Crippen molar-refractivity contribution in [2.45, 2.75) is 31.2 Å². The van der Waals surface area contributed by atoms with Crippen molar-refractivity contribution in [3.63, 3.8) is 0 Å². The van der Waals surface area contributed by atoms with Crippen LogP contribution >= 0.6 is 0 Å². The molecule has 2 heterocycles. The number of nitrogens with one attached hydrogen (secondary N) is 1. The SMILES string of the molecule is CC1CCN(c2ccc(CNC(=O)c3ccc(S(=O)(=O)N(C)C)cc3)cn2)CC1. The van der Waals surface area contributed by atoms with Crippen LogP contribution in [0.3, 0.4) is 0 Å². The van der Waals surface area contributed by atoms with Crippen LogP contribution in [-0.2, 0) is 16.6 Å². The first kappa shape index (κ1) is 21.3. The standard InChI is InChI=1S/C21H28N4O3S/c1-16-10-12-25(13-11-16)20-9-4-17(14-22-20)15-23-21(26)18-5-7-19(8-6-18)29(27,28)24(2)3/h4-9,14,16H,10-13,15H2,1-3H3,(H,23,26). The highest BCUT2D eigenvalue weighted by Gasteiger charge is 2.18. The van der Waals surface area contributed by atoms with Crippen LogP contribution in [0.25, 0.3) is 0 Å². The van der Waals surface area contributed by atoms with Gasteiger partial charge in [-0.25, -0.2) is 17.7 Å². The van der Waals surface area contributed by atoms with Crippen molar-refractivity contribution in [1.82, 2.24) is 14.6 Å². The van der Waals surface area contributed by atoms with E-state index in [9.17, 15) is 13.2 Å². The van der Waals surface area contributed by atoms with E-state index in [0.717, 1.165) is 34.7 Å². The molecule has 29 heavy (non-hydrogen) atoms. The molecular weight excluding hydrogens is 388 g/mol. The molecular formula is C21H28N4O3S. The molecule has 1 amide bonds. The lowest BCUT2D eigenvalue weighted by molar-refractivity contribution is 0.0951. The van der Waals surface area contributed by atoms with Crippen molar-refractivity contribution in [3.05, 3.63) is 53.7 Å². The largest absolute Gasteiger partial charge is 0.357 e. The number of aromatic nitrogens is 1. The summed E-state index contributed by atoms with van der Waals surface area (Å²) in [5.41, 5.74) is 1.33. The Bertz CT molecular complexity index is 933. The van der Waals surface area contributed by atoms with Crippen molar-refractivity contribution in [3.8, 4) is 0 Å². The Balaban J connectivity index is 1.56. The van der Waals surface area contributed by atoms with Crippen molar-refractivity contribution in [2.75, 3.05) is 32.1 Å². The summed E-state index contributed by atoms with van der Waals surface area (Å²) < 4.78 is 25.3. The summed E-state index contributed by atoms with van der Waals surface area (Å²) in [5, 5.41) is 2.85. The van der Waals surface area contributed by atoms with Crippen LogP contribution in [0.15, 0.2) is 47.5 Å². The molecule has 0 spiro atoms. The van der Waals surface area contributed by atoms with Crippen molar-refractivity contribution >= 4 is 21.7 Å². The number of hydrogen-bond acceptors (Lipinski definition) is 5. The molecule has 1 N–H and O–H groups in total. The van der Waals surface area contributed by atoms with Gasteiger partial charge in [-0.2, -0.15) is 0 Å². The van der Waals surface area contributed by atoms with Gasteiger partial charge in [0, 0.05) is 45.5 Å². The van der Waals surface area contributed by atoms with E-state index in [1.54, 1.807) is 6.20 Å². The Kier molecular flexibility index (Phi) is 6.54. The number of piperidine rings is 1. The molecule has 0 radical (unpaired) electrons. The summed E-state index contributed by atoms with van der Waals surface area (Å²) in [5.74, 6) is 1.50. The second kappa shape index (κ2) is 8.92. The average Bonchev–Trinajstić information content (AvgIpc) is 2.73. The van der Waals surface area contributed by atoms with Crippen LogP contribution in [0, 0.1) is 5.92 Å². The van der Waals surface area contributed by atoms with E-state index in [2.05, 4.69) is 22.1 Å². The number of sulfonamides is 1. The Morgan fingerprint density at radius 2 is 1.79 bits per heavy atom. The van der Waals surface area contributed by atoms with Gasteiger partial charge in [0.25, 0.3) is 5.91 Å². The maximum Gasteiger partial charge on any atom is 0.251 e. The molecule has 0 saturated carbocycles. The lowest BCUT2D eigenvalue weighted by atomic mass is 9.99. The Morgan fingerprint density at radius 1 is 1.14 bits per heavy atom. The molecule has 0 bridgehead atoms. The number of amides is 1. The molecule has 1 aliphatic rings. The van der Waals surface area contributed by atoms with Crippen molar-refractivity contribution < 1.29 is 13.2 Å². The lowest BCUT2D eigenvalue weighted by Gasteiger charge is -2.31. The highest BCUT2D eigenvalue weighted by Crippen LogP contribution is 2.21. The molecule has 0 aliphatic carbocycles. The number of rotatable bonds is 6. The Morgan fingerprint density at radius 3 is 2.34 bits per heavy atom. The van der Waals surface area contributed by atoms with Crippen LogP contribution in [0.1, 0.15) is 35.7 Å². The van der Waals surface area contributed by atoms with Crippen molar-refractivity contribution in [1.29, 1.82) is 0 Å². The summed E-state index contributed by atoms with van der Waals surface area (Å²) in [7, 11) is -0.555. The van der Waals surface area contributed by atoms with E-state index < -0.39 is 10.0 Å². The van der Waals surface area contributed by atoms with E-state index in [4.69, 9.17) is 0 Å². The first-order valence-corrected chi connectivity index (χ1v) is 11.2. The third kappa shape index (κ3) is 5.13. The van der Waals surface area contributed by atoms with E-state index >= 15 is 0 Å². The van der Waals surface area contributed by atoms with Crippen LogP contribution in [0.5, 0.6) is 0 Å². The summed E-state index contributed by atoms with van der Waals surface area (Å²) in [4.78, 5) is 19.4.